The van der Waals surface area contributed by atoms with Crippen LogP contribution in [0.5, 0.6) is 5.75 Å². The van der Waals surface area contributed by atoms with Crippen molar-refractivity contribution in [2.45, 2.75) is 13.2 Å². The third-order valence-corrected chi connectivity index (χ3v) is 2.56. The van der Waals surface area contributed by atoms with E-state index in [1.807, 2.05) is 6.07 Å². The molecular formula is C14H16N2O4. The van der Waals surface area contributed by atoms with Crippen molar-refractivity contribution >= 4 is 11.6 Å². The van der Waals surface area contributed by atoms with Gasteiger partial charge in [0.1, 0.15) is 23.9 Å². The molecule has 0 aliphatic heterocycles. The third kappa shape index (κ3) is 4.03. The first-order valence-electron chi connectivity index (χ1n) is 6.11. The maximum atomic E-state index is 10.6. The molecule has 1 aromatic carbocycles. The molecule has 1 aromatic heterocycles. The van der Waals surface area contributed by atoms with E-state index in [0.29, 0.717) is 18.1 Å². The van der Waals surface area contributed by atoms with E-state index in [-0.39, 0.29) is 13.2 Å². The van der Waals surface area contributed by atoms with Gasteiger partial charge in [-0.05, 0) is 24.3 Å². The number of primary amides is 1. The first-order valence-corrected chi connectivity index (χ1v) is 6.11. The lowest BCUT2D eigenvalue weighted by atomic mass is 10.3. The van der Waals surface area contributed by atoms with Crippen molar-refractivity contribution in [3.8, 4) is 5.75 Å². The molecule has 1 heterocycles. The molecule has 0 saturated carbocycles. The summed E-state index contributed by atoms with van der Waals surface area (Å²) in [5.74, 6) is 1.29. The van der Waals surface area contributed by atoms with Gasteiger partial charge in [0.15, 0.2) is 6.61 Å². The Hall–Kier alpha value is -2.47. The highest BCUT2D eigenvalue weighted by Gasteiger charge is 2.02. The summed E-state index contributed by atoms with van der Waals surface area (Å²) in [6, 6.07) is 10.7. The smallest absolute Gasteiger partial charge is 0.255 e. The number of nitrogens with two attached hydrogens (primary N) is 1. The number of carbonyl (C=O) groups excluding carboxylic acids is 1. The van der Waals surface area contributed by atoms with Gasteiger partial charge in [-0.2, -0.15) is 0 Å². The van der Waals surface area contributed by atoms with Gasteiger partial charge < -0.3 is 25.3 Å². The highest BCUT2D eigenvalue weighted by atomic mass is 16.5. The van der Waals surface area contributed by atoms with E-state index >= 15 is 0 Å². The monoisotopic (exact) mass is 276 g/mol. The number of aliphatic hydroxyl groups excluding tert-OH is 1. The van der Waals surface area contributed by atoms with Crippen LogP contribution >= 0.6 is 0 Å². The molecule has 2 rings (SSSR count). The van der Waals surface area contributed by atoms with E-state index < -0.39 is 5.91 Å². The molecule has 0 aliphatic rings. The predicted molar refractivity (Wildman–Crippen MR) is 73.1 cm³/mol. The van der Waals surface area contributed by atoms with Gasteiger partial charge >= 0.3 is 0 Å². The van der Waals surface area contributed by atoms with Crippen molar-refractivity contribution in [3.05, 3.63) is 47.9 Å². The molecule has 0 unspecified atom stereocenters. The van der Waals surface area contributed by atoms with Gasteiger partial charge in [-0.25, -0.2) is 0 Å². The highest BCUT2D eigenvalue weighted by Crippen LogP contribution is 2.18. The Morgan fingerprint density at radius 2 is 2.10 bits per heavy atom. The van der Waals surface area contributed by atoms with Crippen LogP contribution in [0.1, 0.15) is 11.5 Å². The van der Waals surface area contributed by atoms with E-state index in [4.69, 9.17) is 20.0 Å². The standard InChI is InChI=1S/C14H16N2O4/c15-14(18)9-19-11-3-1-2-10(6-11)16-7-12-4-5-13(8-17)20-12/h1-6,16-17H,7-9H2,(H2,15,18). The summed E-state index contributed by atoms with van der Waals surface area (Å²) in [6.07, 6.45) is 0. The molecule has 0 bridgehead atoms. The minimum absolute atomic E-state index is 0.115. The highest BCUT2D eigenvalue weighted by molar-refractivity contribution is 5.75. The Kier molecular flexibility index (Phi) is 4.62. The molecule has 4 N–H and O–H groups in total. The number of aliphatic hydroxyl groups is 1. The number of amides is 1. The van der Waals surface area contributed by atoms with Crippen molar-refractivity contribution in [1.29, 1.82) is 0 Å². The van der Waals surface area contributed by atoms with E-state index in [0.717, 1.165) is 11.4 Å². The van der Waals surface area contributed by atoms with Crippen LogP contribution in [0.3, 0.4) is 0 Å². The zero-order valence-electron chi connectivity index (χ0n) is 10.8. The lowest BCUT2D eigenvalue weighted by Crippen LogP contribution is -2.20. The van der Waals surface area contributed by atoms with Gasteiger partial charge in [0, 0.05) is 11.8 Å². The van der Waals surface area contributed by atoms with Crippen LogP contribution in [0.15, 0.2) is 40.8 Å². The number of anilines is 1. The fourth-order valence-corrected chi connectivity index (χ4v) is 1.64. The lowest BCUT2D eigenvalue weighted by molar-refractivity contribution is -0.119. The van der Waals surface area contributed by atoms with Crippen molar-refractivity contribution in [3.63, 3.8) is 0 Å². The van der Waals surface area contributed by atoms with Crippen molar-refractivity contribution in [2.24, 2.45) is 5.73 Å². The number of nitrogens with one attached hydrogen (secondary N) is 1. The first kappa shape index (κ1) is 14.0. The molecule has 1 amide bonds. The number of rotatable bonds is 7. The Morgan fingerprint density at radius 3 is 2.80 bits per heavy atom. The molecule has 0 aliphatic carbocycles. The molecule has 0 saturated heterocycles. The Balaban J connectivity index is 1.92. The van der Waals surface area contributed by atoms with Gasteiger partial charge in [0.2, 0.25) is 0 Å². The number of carbonyl (C=O) groups is 1. The number of hydrogen-bond donors (Lipinski definition) is 3. The minimum atomic E-state index is -0.518. The van der Waals surface area contributed by atoms with Crippen LogP contribution in [0.25, 0.3) is 0 Å². The van der Waals surface area contributed by atoms with E-state index in [1.54, 1.807) is 30.3 Å². The molecule has 6 nitrogen and oxygen atoms in total. The molecule has 6 heteroatoms. The van der Waals surface area contributed by atoms with Gasteiger partial charge in [-0.3, -0.25) is 4.79 Å². The van der Waals surface area contributed by atoms with Crippen molar-refractivity contribution < 1.29 is 19.1 Å². The van der Waals surface area contributed by atoms with Crippen molar-refractivity contribution in [2.75, 3.05) is 11.9 Å². The summed E-state index contributed by atoms with van der Waals surface area (Å²) in [4.78, 5) is 10.6. The molecule has 0 atom stereocenters. The lowest BCUT2D eigenvalue weighted by Gasteiger charge is -2.08. The average Bonchev–Trinajstić information content (AvgIpc) is 2.91. The minimum Gasteiger partial charge on any atom is -0.484 e. The normalized spacial score (nSPS) is 10.2. The summed E-state index contributed by atoms with van der Waals surface area (Å²) in [7, 11) is 0. The average molecular weight is 276 g/mol. The summed E-state index contributed by atoms with van der Waals surface area (Å²) >= 11 is 0. The first-order chi connectivity index (χ1) is 9.67. The second-order valence-electron chi connectivity index (χ2n) is 4.16. The Bertz CT molecular complexity index is 580. The fraction of sp³-hybridized carbons (Fsp3) is 0.214. The van der Waals surface area contributed by atoms with Crippen LogP contribution in [0, 0.1) is 0 Å². The van der Waals surface area contributed by atoms with Gasteiger partial charge in [-0.1, -0.05) is 6.07 Å². The van der Waals surface area contributed by atoms with Crippen LogP contribution in [-0.2, 0) is 17.9 Å². The second-order valence-corrected chi connectivity index (χ2v) is 4.16. The summed E-state index contributed by atoms with van der Waals surface area (Å²) in [5, 5.41) is 12.1. The number of ether oxygens (including phenoxy) is 1. The van der Waals surface area contributed by atoms with Crippen LogP contribution in [0.2, 0.25) is 0 Å². The molecule has 0 fully saturated rings. The van der Waals surface area contributed by atoms with E-state index in [1.165, 1.54) is 0 Å². The molecule has 20 heavy (non-hydrogen) atoms. The van der Waals surface area contributed by atoms with Gasteiger partial charge in [-0.15, -0.1) is 0 Å². The zero-order chi connectivity index (χ0) is 14.4. The van der Waals surface area contributed by atoms with Crippen molar-refractivity contribution in [1.82, 2.24) is 0 Å². The summed E-state index contributed by atoms with van der Waals surface area (Å²) in [5.41, 5.74) is 5.84. The zero-order valence-corrected chi connectivity index (χ0v) is 10.8. The SMILES string of the molecule is NC(=O)COc1cccc(NCc2ccc(CO)o2)c1. The maximum Gasteiger partial charge on any atom is 0.255 e. The Morgan fingerprint density at radius 1 is 1.30 bits per heavy atom. The van der Waals surface area contributed by atoms with E-state index in [2.05, 4.69) is 5.32 Å². The number of hydrogen-bond acceptors (Lipinski definition) is 5. The molecule has 0 radical (unpaired) electrons. The van der Waals surface area contributed by atoms with Crippen LogP contribution in [0.4, 0.5) is 5.69 Å². The molecule has 2 aromatic rings. The third-order valence-electron chi connectivity index (χ3n) is 2.56. The van der Waals surface area contributed by atoms with Gasteiger partial charge in [0.05, 0.1) is 6.54 Å². The van der Waals surface area contributed by atoms with Gasteiger partial charge in [0.25, 0.3) is 5.91 Å². The van der Waals surface area contributed by atoms with Crippen LogP contribution in [-0.4, -0.2) is 17.6 Å². The molecular weight excluding hydrogens is 260 g/mol. The summed E-state index contributed by atoms with van der Waals surface area (Å²) in [6.45, 7) is 0.219. The largest absolute Gasteiger partial charge is 0.484 e. The molecule has 0 spiro atoms. The maximum absolute atomic E-state index is 10.6. The van der Waals surface area contributed by atoms with E-state index in [9.17, 15) is 4.79 Å². The quantitative estimate of drug-likeness (QED) is 0.707. The Labute approximate surface area is 116 Å². The summed E-state index contributed by atoms with van der Waals surface area (Å²) < 4.78 is 10.6. The fourth-order valence-electron chi connectivity index (χ4n) is 1.64. The molecule has 106 valence electrons. The van der Waals surface area contributed by atoms with Crippen LogP contribution < -0.4 is 15.8 Å². The second kappa shape index (κ2) is 6.63. The predicted octanol–water partition coefficient (Wildman–Crippen LogP) is 1.25. The number of furan rings is 1. The topological polar surface area (TPSA) is 97.7 Å². The number of benzene rings is 1.